The minimum absolute atomic E-state index is 0. The van der Waals surface area contributed by atoms with Crippen molar-refractivity contribution in [1.82, 2.24) is 5.32 Å². The van der Waals surface area contributed by atoms with Crippen molar-refractivity contribution in [1.29, 1.82) is 0 Å². The highest BCUT2D eigenvalue weighted by molar-refractivity contribution is 5.97. The molecule has 5 nitrogen and oxygen atoms in total. The summed E-state index contributed by atoms with van der Waals surface area (Å²) in [6.45, 7) is 0.492. The molecule has 1 aliphatic rings. The van der Waals surface area contributed by atoms with Crippen molar-refractivity contribution in [3.63, 3.8) is 0 Å². The van der Waals surface area contributed by atoms with Crippen molar-refractivity contribution in [3.05, 3.63) is 23.8 Å². The van der Waals surface area contributed by atoms with Gasteiger partial charge in [0.15, 0.2) is 0 Å². The lowest BCUT2D eigenvalue weighted by atomic mass is 9.82. The lowest BCUT2D eigenvalue weighted by Crippen LogP contribution is -2.51. The monoisotopic (exact) mass is 328 g/mol. The highest BCUT2D eigenvalue weighted by atomic mass is 35.5. The number of benzene rings is 1. The quantitative estimate of drug-likeness (QED) is 0.871. The highest BCUT2D eigenvalue weighted by Crippen LogP contribution is 2.26. The zero-order valence-electron chi connectivity index (χ0n) is 13.2. The van der Waals surface area contributed by atoms with E-state index < -0.39 is 0 Å². The first kappa shape index (κ1) is 18.6. The van der Waals surface area contributed by atoms with E-state index in [9.17, 15) is 4.79 Å². The lowest BCUT2D eigenvalue weighted by Gasteiger charge is -2.33. The van der Waals surface area contributed by atoms with Gasteiger partial charge in [0.25, 0.3) is 5.91 Å². The molecule has 2 rings (SSSR count). The average molecular weight is 329 g/mol. The minimum atomic E-state index is -0.278. The average Bonchev–Trinajstić information content (AvgIpc) is 2.52. The molecular formula is C16H25ClN2O3. The van der Waals surface area contributed by atoms with Crippen LogP contribution in [0, 0.1) is 0 Å². The number of hydrogen-bond acceptors (Lipinski definition) is 4. The van der Waals surface area contributed by atoms with Crippen LogP contribution in [-0.2, 0) is 0 Å². The maximum Gasteiger partial charge on any atom is 0.255 e. The number of carbonyl (C=O) groups excluding carboxylic acids is 1. The fourth-order valence-corrected chi connectivity index (χ4v) is 2.78. The number of rotatable bonds is 5. The Labute approximate surface area is 138 Å². The van der Waals surface area contributed by atoms with Crippen LogP contribution in [0.5, 0.6) is 11.5 Å². The molecular weight excluding hydrogens is 304 g/mol. The standard InChI is InChI=1S/C16H24N2O3.ClH/c1-20-12-6-7-14(21-2)13(10-12)15(19)18-11-16(17)8-4-3-5-9-16;/h6-7,10H,3-5,8-9,11,17H2,1-2H3,(H,18,19);1H. The Morgan fingerprint density at radius 3 is 2.50 bits per heavy atom. The number of hydrogen-bond donors (Lipinski definition) is 2. The molecule has 0 heterocycles. The molecule has 0 atom stereocenters. The summed E-state index contributed by atoms with van der Waals surface area (Å²) in [5.74, 6) is 0.977. The van der Waals surface area contributed by atoms with Crippen LogP contribution in [0.4, 0.5) is 0 Å². The van der Waals surface area contributed by atoms with Crippen LogP contribution in [0.25, 0.3) is 0 Å². The lowest BCUT2D eigenvalue weighted by molar-refractivity contribution is 0.0934. The van der Waals surface area contributed by atoms with Gasteiger partial charge in [0.1, 0.15) is 11.5 Å². The van der Waals surface area contributed by atoms with Gasteiger partial charge in [0.2, 0.25) is 0 Å². The Bertz CT molecular complexity index is 502. The molecule has 1 saturated carbocycles. The second kappa shape index (κ2) is 8.25. The Balaban J connectivity index is 0.00000242. The largest absolute Gasteiger partial charge is 0.497 e. The van der Waals surface area contributed by atoms with Crippen LogP contribution in [0.15, 0.2) is 18.2 Å². The van der Waals surface area contributed by atoms with E-state index in [-0.39, 0.29) is 23.9 Å². The zero-order chi connectivity index (χ0) is 15.3. The van der Waals surface area contributed by atoms with Crippen molar-refractivity contribution >= 4 is 18.3 Å². The zero-order valence-corrected chi connectivity index (χ0v) is 14.0. The van der Waals surface area contributed by atoms with E-state index in [1.807, 2.05) is 0 Å². The summed E-state index contributed by atoms with van der Waals surface area (Å²) in [4.78, 5) is 12.4. The third kappa shape index (κ3) is 4.52. The molecule has 0 saturated heterocycles. The van der Waals surface area contributed by atoms with Gasteiger partial charge >= 0.3 is 0 Å². The van der Waals surface area contributed by atoms with Crippen LogP contribution < -0.4 is 20.5 Å². The van der Waals surface area contributed by atoms with E-state index in [0.717, 1.165) is 25.7 Å². The molecule has 0 spiro atoms. The van der Waals surface area contributed by atoms with Crippen LogP contribution in [-0.4, -0.2) is 32.2 Å². The summed E-state index contributed by atoms with van der Waals surface area (Å²) in [6.07, 6.45) is 5.42. The fraction of sp³-hybridized carbons (Fsp3) is 0.562. The van der Waals surface area contributed by atoms with Gasteiger partial charge in [-0.25, -0.2) is 0 Å². The van der Waals surface area contributed by atoms with E-state index in [1.54, 1.807) is 32.4 Å². The second-order valence-electron chi connectivity index (χ2n) is 5.67. The van der Waals surface area contributed by atoms with Crippen molar-refractivity contribution in [3.8, 4) is 11.5 Å². The summed E-state index contributed by atoms with van der Waals surface area (Å²) < 4.78 is 10.4. The number of ether oxygens (including phenoxy) is 2. The van der Waals surface area contributed by atoms with E-state index in [4.69, 9.17) is 15.2 Å². The van der Waals surface area contributed by atoms with Gasteiger partial charge in [-0.15, -0.1) is 12.4 Å². The van der Waals surface area contributed by atoms with Crippen molar-refractivity contribution in [2.75, 3.05) is 20.8 Å². The van der Waals surface area contributed by atoms with Crippen molar-refractivity contribution < 1.29 is 14.3 Å². The Kier molecular flexibility index (Phi) is 6.97. The Morgan fingerprint density at radius 1 is 1.23 bits per heavy atom. The van der Waals surface area contributed by atoms with E-state index >= 15 is 0 Å². The maximum atomic E-state index is 12.4. The fourth-order valence-electron chi connectivity index (χ4n) is 2.78. The summed E-state index contributed by atoms with van der Waals surface area (Å²) in [5.41, 5.74) is 6.53. The molecule has 6 heteroatoms. The molecule has 124 valence electrons. The van der Waals surface area contributed by atoms with E-state index in [1.165, 1.54) is 6.42 Å². The van der Waals surface area contributed by atoms with Gasteiger partial charge in [-0.05, 0) is 31.0 Å². The summed E-state index contributed by atoms with van der Waals surface area (Å²) >= 11 is 0. The van der Waals surface area contributed by atoms with Crippen LogP contribution in [0.2, 0.25) is 0 Å². The summed E-state index contributed by atoms with van der Waals surface area (Å²) in [5, 5.41) is 2.94. The molecule has 1 aromatic carbocycles. The number of carbonyl (C=O) groups is 1. The number of amides is 1. The predicted octanol–water partition coefficient (Wildman–Crippen LogP) is 2.52. The normalized spacial score (nSPS) is 16.3. The number of nitrogens with one attached hydrogen (secondary N) is 1. The molecule has 3 N–H and O–H groups in total. The predicted molar refractivity (Wildman–Crippen MR) is 89.1 cm³/mol. The van der Waals surface area contributed by atoms with Gasteiger partial charge in [-0.1, -0.05) is 19.3 Å². The van der Waals surface area contributed by atoms with Gasteiger partial charge in [-0.2, -0.15) is 0 Å². The first-order valence-corrected chi connectivity index (χ1v) is 7.37. The first-order chi connectivity index (χ1) is 10.1. The SMILES string of the molecule is COc1ccc(OC)c(C(=O)NCC2(N)CCCCC2)c1.Cl. The molecule has 0 aromatic heterocycles. The van der Waals surface area contributed by atoms with Gasteiger partial charge in [0, 0.05) is 12.1 Å². The molecule has 22 heavy (non-hydrogen) atoms. The smallest absolute Gasteiger partial charge is 0.255 e. The topological polar surface area (TPSA) is 73.6 Å². The minimum Gasteiger partial charge on any atom is -0.497 e. The van der Waals surface area contributed by atoms with E-state index in [2.05, 4.69) is 5.32 Å². The number of nitrogens with two attached hydrogens (primary N) is 1. The van der Waals surface area contributed by atoms with Gasteiger partial charge in [-0.3, -0.25) is 4.79 Å². The van der Waals surface area contributed by atoms with Crippen molar-refractivity contribution in [2.45, 2.75) is 37.6 Å². The number of methoxy groups -OCH3 is 2. The molecule has 0 bridgehead atoms. The van der Waals surface area contributed by atoms with Gasteiger partial charge in [0.05, 0.1) is 19.8 Å². The van der Waals surface area contributed by atoms with Gasteiger partial charge < -0.3 is 20.5 Å². The number of halogens is 1. The van der Waals surface area contributed by atoms with Crippen LogP contribution in [0.3, 0.4) is 0 Å². The Morgan fingerprint density at radius 2 is 1.91 bits per heavy atom. The second-order valence-corrected chi connectivity index (χ2v) is 5.67. The molecule has 1 fully saturated rings. The molecule has 0 aliphatic heterocycles. The molecule has 0 radical (unpaired) electrons. The molecule has 1 aliphatic carbocycles. The maximum absolute atomic E-state index is 12.4. The van der Waals surface area contributed by atoms with Crippen LogP contribution >= 0.6 is 12.4 Å². The van der Waals surface area contributed by atoms with E-state index in [0.29, 0.717) is 23.6 Å². The van der Waals surface area contributed by atoms with Crippen LogP contribution in [0.1, 0.15) is 42.5 Å². The summed E-state index contributed by atoms with van der Waals surface area (Å²) in [6, 6.07) is 5.17. The summed E-state index contributed by atoms with van der Waals surface area (Å²) in [7, 11) is 3.12. The first-order valence-electron chi connectivity index (χ1n) is 7.37. The van der Waals surface area contributed by atoms with Crippen molar-refractivity contribution in [2.24, 2.45) is 5.73 Å². The molecule has 1 aromatic rings. The third-order valence-corrected chi connectivity index (χ3v) is 4.10. The Hall–Kier alpha value is -1.46. The highest BCUT2D eigenvalue weighted by Gasteiger charge is 2.28. The third-order valence-electron chi connectivity index (χ3n) is 4.10. The molecule has 1 amide bonds. The molecule has 0 unspecified atom stereocenters.